The summed E-state index contributed by atoms with van der Waals surface area (Å²) < 4.78 is 18.9. The third-order valence-electron chi connectivity index (χ3n) is 3.62. The molecular weight excluding hydrogens is 307 g/mol. The molecule has 0 fully saturated rings. The van der Waals surface area contributed by atoms with Gasteiger partial charge in [-0.3, -0.25) is 9.69 Å². The Bertz CT molecular complexity index is 704. The van der Waals surface area contributed by atoms with Crippen LogP contribution < -0.4 is 10.1 Å². The molecule has 2 rings (SSSR count). The molecule has 0 bridgehead atoms. The number of nitrogens with one attached hydrogen (secondary N) is 1. The van der Waals surface area contributed by atoms with Crippen LogP contribution in [0, 0.1) is 19.7 Å². The molecule has 128 valence electrons. The van der Waals surface area contributed by atoms with Gasteiger partial charge >= 0.3 is 0 Å². The molecule has 2 aromatic carbocycles. The Morgan fingerprint density at radius 2 is 2.00 bits per heavy atom. The number of hydrogen-bond acceptors (Lipinski definition) is 3. The van der Waals surface area contributed by atoms with Crippen LogP contribution in [-0.2, 0) is 4.79 Å². The summed E-state index contributed by atoms with van der Waals surface area (Å²) in [7, 11) is 1.84. The summed E-state index contributed by atoms with van der Waals surface area (Å²) in [5.41, 5.74) is 2.48. The molecule has 24 heavy (non-hydrogen) atoms. The van der Waals surface area contributed by atoms with Crippen LogP contribution in [0.25, 0.3) is 0 Å². The van der Waals surface area contributed by atoms with Crippen LogP contribution in [0.2, 0.25) is 0 Å². The highest BCUT2D eigenvalue weighted by Crippen LogP contribution is 2.16. The number of anilines is 1. The van der Waals surface area contributed by atoms with Crippen LogP contribution in [0.3, 0.4) is 0 Å². The standard InChI is InChI=1S/C19H23FN2O2/c1-14-5-4-6-17(11-14)24-10-9-22(3)13-19(23)21-18-12-16(20)8-7-15(18)2/h4-8,11-12H,9-10,13H2,1-3H3,(H,21,23). The lowest BCUT2D eigenvalue weighted by atomic mass is 10.2. The molecule has 0 radical (unpaired) electrons. The van der Waals surface area contributed by atoms with E-state index in [0.29, 0.717) is 18.8 Å². The Balaban J connectivity index is 1.76. The zero-order valence-electron chi connectivity index (χ0n) is 14.3. The fraction of sp³-hybridized carbons (Fsp3) is 0.316. The molecule has 0 atom stereocenters. The minimum absolute atomic E-state index is 0.179. The monoisotopic (exact) mass is 330 g/mol. The van der Waals surface area contributed by atoms with E-state index in [-0.39, 0.29) is 18.3 Å². The van der Waals surface area contributed by atoms with Gasteiger partial charge in [0, 0.05) is 12.2 Å². The van der Waals surface area contributed by atoms with Crippen molar-refractivity contribution in [1.29, 1.82) is 0 Å². The van der Waals surface area contributed by atoms with Gasteiger partial charge in [0.05, 0.1) is 6.54 Å². The summed E-state index contributed by atoms with van der Waals surface area (Å²) in [6.07, 6.45) is 0. The third-order valence-corrected chi connectivity index (χ3v) is 3.62. The summed E-state index contributed by atoms with van der Waals surface area (Å²) >= 11 is 0. The maximum atomic E-state index is 13.2. The predicted octanol–water partition coefficient (Wildman–Crippen LogP) is 3.39. The minimum atomic E-state index is -0.365. The molecule has 0 spiro atoms. The topological polar surface area (TPSA) is 41.6 Å². The number of benzene rings is 2. The number of rotatable bonds is 7. The first-order valence-electron chi connectivity index (χ1n) is 7.88. The van der Waals surface area contributed by atoms with Crippen molar-refractivity contribution in [2.45, 2.75) is 13.8 Å². The van der Waals surface area contributed by atoms with Gasteiger partial charge in [-0.05, 0) is 56.3 Å². The van der Waals surface area contributed by atoms with Gasteiger partial charge < -0.3 is 10.1 Å². The van der Waals surface area contributed by atoms with E-state index in [4.69, 9.17) is 4.74 Å². The molecule has 0 unspecified atom stereocenters. The number of carbonyl (C=O) groups excluding carboxylic acids is 1. The van der Waals surface area contributed by atoms with Gasteiger partial charge in [-0.15, -0.1) is 0 Å². The quantitative estimate of drug-likeness (QED) is 0.846. The van der Waals surface area contributed by atoms with Crippen LogP contribution in [0.1, 0.15) is 11.1 Å². The molecule has 0 saturated heterocycles. The van der Waals surface area contributed by atoms with Crippen LogP contribution >= 0.6 is 0 Å². The second-order valence-electron chi connectivity index (χ2n) is 5.91. The molecule has 0 aliphatic carbocycles. The number of halogens is 1. The average Bonchev–Trinajstić information content (AvgIpc) is 2.51. The normalized spacial score (nSPS) is 10.7. The molecule has 1 amide bonds. The van der Waals surface area contributed by atoms with E-state index >= 15 is 0 Å². The lowest BCUT2D eigenvalue weighted by molar-refractivity contribution is -0.117. The van der Waals surface area contributed by atoms with E-state index in [1.165, 1.54) is 12.1 Å². The highest BCUT2D eigenvalue weighted by molar-refractivity contribution is 5.92. The van der Waals surface area contributed by atoms with E-state index in [1.807, 2.05) is 50.1 Å². The minimum Gasteiger partial charge on any atom is -0.492 e. The lowest BCUT2D eigenvalue weighted by Crippen LogP contribution is -2.33. The number of likely N-dealkylation sites (N-methyl/N-ethyl adjacent to an activating group) is 1. The Kier molecular flexibility index (Phi) is 6.32. The van der Waals surface area contributed by atoms with E-state index < -0.39 is 0 Å². The summed E-state index contributed by atoms with van der Waals surface area (Å²) in [6, 6.07) is 12.2. The van der Waals surface area contributed by atoms with Gasteiger partial charge in [-0.1, -0.05) is 18.2 Å². The fourth-order valence-corrected chi connectivity index (χ4v) is 2.27. The Labute approximate surface area is 142 Å². The van der Waals surface area contributed by atoms with Gasteiger partial charge in [0.1, 0.15) is 18.2 Å². The molecule has 5 heteroatoms. The average molecular weight is 330 g/mol. The summed E-state index contributed by atoms with van der Waals surface area (Å²) in [4.78, 5) is 13.9. The van der Waals surface area contributed by atoms with Gasteiger partial charge in [-0.2, -0.15) is 0 Å². The predicted molar refractivity (Wildman–Crippen MR) is 93.9 cm³/mol. The van der Waals surface area contributed by atoms with Crippen molar-refractivity contribution in [3.8, 4) is 5.75 Å². The fourth-order valence-electron chi connectivity index (χ4n) is 2.27. The number of carbonyl (C=O) groups is 1. The molecule has 1 N–H and O–H groups in total. The van der Waals surface area contributed by atoms with Crippen molar-refractivity contribution in [2.75, 3.05) is 32.1 Å². The van der Waals surface area contributed by atoms with Crippen LogP contribution in [0.4, 0.5) is 10.1 Å². The van der Waals surface area contributed by atoms with E-state index in [1.54, 1.807) is 6.07 Å². The highest BCUT2D eigenvalue weighted by atomic mass is 19.1. The SMILES string of the molecule is Cc1cccc(OCCN(C)CC(=O)Nc2cc(F)ccc2C)c1. The Morgan fingerprint density at radius 3 is 2.75 bits per heavy atom. The van der Waals surface area contributed by atoms with Crippen molar-refractivity contribution in [2.24, 2.45) is 0 Å². The second kappa shape index (κ2) is 8.45. The highest BCUT2D eigenvalue weighted by Gasteiger charge is 2.09. The van der Waals surface area contributed by atoms with Crippen LogP contribution in [-0.4, -0.2) is 37.6 Å². The first kappa shape index (κ1) is 17.9. The van der Waals surface area contributed by atoms with Gasteiger partial charge in [-0.25, -0.2) is 4.39 Å². The smallest absolute Gasteiger partial charge is 0.238 e. The number of nitrogens with zero attached hydrogens (tertiary/aromatic N) is 1. The molecule has 0 aliphatic rings. The number of hydrogen-bond donors (Lipinski definition) is 1. The first-order chi connectivity index (χ1) is 11.4. The van der Waals surface area contributed by atoms with Gasteiger partial charge in [0.15, 0.2) is 0 Å². The molecule has 0 heterocycles. The number of aryl methyl sites for hydroxylation is 2. The zero-order chi connectivity index (χ0) is 17.5. The Morgan fingerprint density at radius 1 is 1.21 bits per heavy atom. The van der Waals surface area contributed by atoms with Crippen molar-refractivity contribution >= 4 is 11.6 Å². The maximum Gasteiger partial charge on any atom is 0.238 e. The second-order valence-corrected chi connectivity index (χ2v) is 5.91. The van der Waals surface area contributed by atoms with E-state index in [0.717, 1.165) is 16.9 Å². The molecular formula is C19H23FN2O2. The van der Waals surface area contributed by atoms with Gasteiger partial charge in [0.2, 0.25) is 5.91 Å². The van der Waals surface area contributed by atoms with Crippen molar-refractivity contribution < 1.29 is 13.9 Å². The van der Waals surface area contributed by atoms with Crippen molar-refractivity contribution in [3.05, 3.63) is 59.4 Å². The van der Waals surface area contributed by atoms with Gasteiger partial charge in [0.25, 0.3) is 0 Å². The van der Waals surface area contributed by atoms with Crippen LogP contribution in [0.15, 0.2) is 42.5 Å². The molecule has 0 saturated carbocycles. The number of amides is 1. The largest absolute Gasteiger partial charge is 0.492 e. The van der Waals surface area contributed by atoms with Crippen LogP contribution in [0.5, 0.6) is 5.75 Å². The summed E-state index contributed by atoms with van der Waals surface area (Å²) in [5.74, 6) is 0.279. The molecule has 4 nitrogen and oxygen atoms in total. The maximum absolute atomic E-state index is 13.2. The Hall–Kier alpha value is -2.40. The van der Waals surface area contributed by atoms with Crippen molar-refractivity contribution in [3.63, 3.8) is 0 Å². The van der Waals surface area contributed by atoms with E-state index in [2.05, 4.69) is 5.32 Å². The third kappa shape index (κ3) is 5.66. The van der Waals surface area contributed by atoms with E-state index in [9.17, 15) is 9.18 Å². The molecule has 0 aliphatic heterocycles. The lowest BCUT2D eigenvalue weighted by Gasteiger charge is -2.17. The first-order valence-corrected chi connectivity index (χ1v) is 7.88. The molecule has 0 aromatic heterocycles. The zero-order valence-corrected chi connectivity index (χ0v) is 14.3. The number of ether oxygens (including phenoxy) is 1. The molecule has 2 aromatic rings. The summed E-state index contributed by atoms with van der Waals surface area (Å²) in [6.45, 7) is 5.16. The van der Waals surface area contributed by atoms with Crippen molar-refractivity contribution in [1.82, 2.24) is 4.90 Å². The summed E-state index contributed by atoms with van der Waals surface area (Å²) in [5, 5.41) is 2.74.